The van der Waals surface area contributed by atoms with Crippen molar-refractivity contribution in [3.8, 4) is 0 Å². The number of pyridine rings is 1. The number of nitrogen functional groups attached to an aromatic ring is 1. The molecule has 3 N–H and O–H groups in total. The van der Waals surface area contributed by atoms with E-state index in [1.165, 1.54) is 6.07 Å². The number of nitro groups is 1. The van der Waals surface area contributed by atoms with Crippen LogP contribution in [0.1, 0.15) is 15.9 Å². The Balaban J connectivity index is 2.03. The summed E-state index contributed by atoms with van der Waals surface area (Å²) in [6, 6.07) is 10.8. The summed E-state index contributed by atoms with van der Waals surface area (Å²) >= 11 is 0. The summed E-state index contributed by atoms with van der Waals surface area (Å²) < 4.78 is 0. The maximum atomic E-state index is 12.0. The molecule has 1 amide bonds. The van der Waals surface area contributed by atoms with E-state index < -0.39 is 10.8 Å². The number of benzene rings is 1. The standard InChI is InChI=1S/C14H14N4O3/c15-13-8-11(12(9-17-13)18(20)21)14(19)16-7-6-10-4-2-1-3-5-10/h1-5,8-9H,6-7H2,(H2,15,17)(H,16,19). The van der Waals surface area contributed by atoms with Gasteiger partial charge in [-0.3, -0.25) is 14.9 Å². The lowest BCUT2D eigenvalue weighted by atomic mass is 10.1. The Hall–Kier alpha value is -2.96. The van der Waals surface area contributed by atoms with Gasteiger partial charge >= 0.3 is 0 Å². The number of rotatable bonds is 5. The van der Waals surface area contributed by atoms with Crippen LogP contribution in [0.3, 0.4) is 0 Å². The van der Waals surface area contributed by atoms with Gasteiger partial charge in [-0.2, -0.15) is 0 Å². The first-order valence-electron chi connectivity index (χ1n) is 6.30. The summed E-state index contributed by atoms with van der Waals surface area (Å²) in [5.74, 6) is -0.472. The molecule has 21 heavy (non-hydrogen) atoms. The van der Waals surface area contributed by atoms with Crippen LogP contribution in [0, 0.1) is 10.1 Å². The minimum atomic E-state index is -0.654. The van der Waals surface area contributed by atoms with Crippen LogP contribution in [0.25, 0.3) is 0 Å². The first kappa shape index (κ1) is 14.4. The van der Waals surface area contributed by atoms with Crippen LogP contribution in [0.15, 0.2) is 42.6 Å². The number of carbonyl (C=O) groups excluding carboxylic acids is 1. The lowest BCUT2D eigenvalue weighted by molar-refractivity contribution is -0.385. The largest absolute Gasteiger partial charge is 0.384 e. The Morgan fingerprint density at radius 3 is 2.71 bits per heavy atom. The Morgan fingerprint density at radius 1 is 1.33 bits per heavy atom. The molecule has 7 nitrogen and oxygen atoms in total. The Morgan fingerprint density at radius 2 is 2.05 bits per heavy atom. The quantitative estimate of drug-likeness (QED) is 0.639. The average molecular weight is 286 g/mol. The van der Waals surface area contributed by atoms with Gasteiger partial charge in [-0.15, -0.1) is 0 Å². The summed E-state index contributed by atoms with van der Waals surface area (Å²) in [4.78, 5) is 25.9. The van der Waals surface area contributed by atoms with Gasteiger partial charge in [0, 0.05) is 6.54 Å². The van der Waals surface area contributed by atoms with Gasteiger partial charge in [0.2, 0.25) is 0 Å². The maximum Gasteiger partial charge on any atom is 0.300 e. The molecule has 0 fully saturated rings. The Kier molecular flexibility index (Phi) is 4.45. The molecule has 2 rings (SSSR count). The van der Waals surface area contributed by atoms with Gasteiger partial charge in [0.25, 0.3) is 11.6 Å². The van der Waals surface area contributed by atoms with E-state index in [1.54, 1.807) is 0 Å². The first-order chi connectivity index (χ1) is 10.1. The van der Waals surface area contributed by atoms with E-state index in [2.05, 4.69) is 10.3 Å². The zero-order chi connectivity index (χ0) is 15.2. The molecular formula is C14H14N4O3. The molecule has 0 unspecified atom stereocenters. The summed E-state index contributed by atoms with van der Waals surface area (Å²) in [5.41, 5.74) is 6.10. The number of carbonyl (C=O) groups is 1. The van der Waals surface area contributed by atoms with Crippen LogP contribution in [0.5, 0.6) is 0 Å². The fourth-order valence-electron chi connectivity index (χ4n) is 1.85. The summed E-state index contributed by atoms with van der Waals surface area (Å²) in [5, 5.41) is 13.5. The third-order valence-electron chi connectivity index (χ3n) is 2.89. The Bertz CT molecular complexity index is 659. The molecule has 0 bridgehead atoms. The first-order valence-corrected chi connectivity index (χ1v) is 6.30. The number of hydrogen-bond acceptors (Lipinski definition) is 5. The number of nitrogens with one attached hydrogen (secondary N) is 1. The van der Waals surface area contributed by atoms with Crippen molar-refractivity contribution in [1.29, 1.82) is 0 Å². The van der Waals surface area contributed by atoms with Gasteiger partial charge in [-0.1, -0.05) is 30.3 Å². The topological polar surface area (TPSA) is 111 Å². The second-order valence-corrected chi connectivity index (χ2v) is 4.37. The lowest BCUT2D eigenvalue weighted by Gasteiger charge is -2.06. The van der Waals surface area contributed by atoms with Crippen molar-refractivity contribution >= 4 is 17.4 Å². The number of hydrogen-bond donors (Lipinski definition) is 2. The number of aromatic nitrogens is 1. The molecule has 2 aromatic rings. The van der Waals surface area contributed by atoms with E-state index in [0.29, 0.717) is 13.0 Å². The van der Waals surface area contributed by atoms with E-state index in [9.17, 15) is 14.9 Å². The van der Waals surface area contributed by atoms with Crippen molar-refractivity contribution in [2.45, 2.75) is 6.42 Å². The smallest absolute Gasteiger partial charge is 0.300 e. The highest BCUT2D eigenvalue weighted by atomic mass is 16.6. The molecule has 1 heterocycles. The number of nitrogens with zero attached hydrogens (tertiary/aromatic N) is 2. The maximum absolute atomic E-state index is 12.0. The minimum absolute atomic E-state index is 0.0637. The summed E-state index contributed by atoms with van der Waals surface area (Å²) in [6.45, 7) is 0.377. The second kappa shape index (κ2) is 6.47. The number of nitrogens with two attached hydrogens (primary N) is 1. The average Bonchev–Trinajstić information content (AvgIpc) is 2.47. The van der Waals surface area contributed by atoms with Crippen LogP contribution in [0.2, 0.25) is 0 Å². The van der Waals surface area contributed by atoms with Gasteiger partial charge in [0.05, 0.1) is 4.92 Å². The van der Waals surface area contributed by atoms with Crippen LogP contribution in [-0.4, -0.2) is 22.4 Å². The lowest BCUT2D eigenvalue weighted by Crippen LogP contribution is -2.26. The summed E-state index contributed by atoms with van der Waals surface area (Å²) in [7, 11) is 0. The molecule has 1 aromatic carbocycles. The third kappa shape index (κ3) is 3.75. The predicted octanol–water partition coefficient (Wildman–Crippen LogP) is 1.54. The van der Waals surface area contributed by atoms with Crippen LogP contribution in [-0.2, 0) is 6.42 Å². The van der Waals surface area contributed by atoms with E-state index >= 15 is 0 Å². The van der Waals surface area contributed by atoms with Gasteiger partial charge in [-0.05, 0) is 18.1 Å². The third-order valence-corrected chi connectivity index (χ3v) is 2.89. The zero-order valence-corrected chi connectivity index (χ0v) is 11.2. The molecule has 0 spiro atoms. The van der Waals surface area contributed by atoms with E-state index in [0.717, 1.165) is 11.8 Å². The second-order valence-electron chi connectivity index (χ2n) is 4.37. The van der Waals surface area contributed by atoms with Crippen LogP contribution >= 0.6 is 0 Å². The monoisotopic (exact) mass is 286 g/mol. The molecular weight excluding hydrogens is 272 g/mol. The van der Waals surface area contributed by atoms with E-state index in [1.807, 2.05) is 30.3 Å². The van der Waals surface area contributed by atoms with Crippen molar-refractivity contribution in [3.63, 3.8) is 0 Å². The molecule has 1 aromatic heterocycles. The van der Waals surface area contributed by atoms with Gasteiger partial charge in [0.15, 0.2) is 0 Å². The molecule has 0 aliphatic rings. The molecule has 0 aliphatic carbocycles. The summed E-state index contributed by atoms with van der Waals surface area (Å²) in [6.07, 6.45) is 1.63. The molecule has 0 aliphatic heterocycles. The molecule has 0 saturated heterocycles. The fraction of sp³-hybridized carbons (Fsp3) is 0.143. The highest BCUT2D eigenvalue weighted by Crippen LogP contribution is 2.18. The molecule has 7 heteroatoms. The van der Waals surface area contributed by atoms with Crippen LogP contribution < -0.4 is 11.1 Å². The van der Waals surface area contributed by atoms with Crippen LogP contribution in [0.4, 0.5) is 11.5 Å². The number of amides is 1. The van der Waals surface area contributed by atoms with Crippen molar-refractivity contribution in [1.82, 2.24) is 10.3 Å². The van der Waals surface area contributed by atoms with Crippen molar-refractivity contribution in [2.75, 3.05) is 12.3 Å². The van der Waals surface area contributed by atoms with Crippen molar-refractivity contribution in [3.05, 3.63) is 63.8 Å². The van der Waals surface area contributed by atoms with Gasteiger partial charge in [0.1, 0.15) is 17.6 Å². The van der Waals surface area contributed by atoms with Gasteiger partial charge < -0.3 is 11.1 Å². The minimum Gasteiger partial charge on any atom is -0.384 e. The molecule has 0 atom stereocenters. The fourth-order valence-corrected chi connectivity index (χ4v) is 1.85. The SMILES string of the molecule is Nc1cc(C(=O)NCCc2ccccc2)c([N+](=O)[O-])cn1. The van der Waals surface area contributed by atoms with Crippen molar-refractivity contribution < 1.29 is 9.72 Å². The van der Waals surface area contributed by atoms with E-state index in [-0.39, 0.29) is 17.1 Å². The van der Waals surface area contributed by atoms with Gasteiger partial charge in [-0.25, -0.2) is 4.98 Å². The number of anilines is 1. The zero-order valence-electron chi connectivity index (χ0n) is 11.2. The molecule has 0 radical (unpaired) electrons. The molecule has 108 valence electrons. The van der Waals surface area contributed by atoms with Crippen molar-refractivity contribution in [2.24, 2.45) is 0 Å². The Labute approximate surface area is 121 Å². The predicted molar refractivity (Wildman–Crippen MR) is 77.8 cm³/mol. The molecule has 0 saturated carbocycles. The van der Waals surface area contributed by atoms with E-state index in [4.69, 9.17) is 5.73 Å². The highest BCUT2D eigenvalue weighted by molar-refractivity contribution is 5.98. The highest BCUT2D eigenvalue weighted by Gasteiger charge is 2.20. The normalized spacial score (nSPS) is 10.1.